The maximum atomic E-state index is 11.9. The van der Waals surface area contributed by atoms with Crippen molar-refractivity contribution in [2.45, 2.75) is 64.8 Å². The van der Waals surface area contributed by atoms with Crippen LogP contribution in [0.15, 0.2) is 0 Å². The largest absolute Gasteiger partial charge is 0.428 e. The van der Waals surface area contributed by atoms with E-state index in [0.29, 0.717) is 0 Å². The number of carbonyl (C=O) groups is 1. The van der Waals surface area contributed by atoms with Crippen molar-refractivity contribution in [3.63, 3.8) is 0 Å². The molecule has 0 aromatic rings. The van der Waals surface area contributed by atoms with Gasteiger partial charge in [0.05, 0.1) is 0 Å². The molecular formula is C12H20O4. The first kappa shape index (κ1) is 11.9. The highest BCUT2D eigenvalue weighted by Gasteiger charge is 2.49. The number of ether oxygens (including phenoxy) is 1. The van der Waals surface area contributed by atoms with Crippen molar-refractivity contribution in [2.75, 3.05) is 0 Å². The summed E-state index contributed by atoms with van der Waals surface area (Å²) in [5.41, 5.74) is -0.298. The van der Waals surface area contributed by atoms with Gasteiger partial charge >= 0.3 is 5.97 Å². The molecule has 0 N–H and O–H groups in total. The molecule has 0 radical (unpaired) electrons. The molecule has 2 rings (SSSR count). The molecule has 1 unspecified atom stereocenters. The fraction of sp³-hybridized carbons (Fsp3) is 0.917. The third kappa shape index (κ3) is 2.23. The van der Waals surface area contributed by atoms with Crippen LogP contribution in [0.2, 0.25) is 0 Å². The Labute approximate surface area is 96.2 Å². The van der Waals surface area contributed by atoms with E-state index in [1.54, 1.807) is 0 Å². The lowest BCUT2D eigenvalue weighted by Crippen LogP contribution is -2.52. The highest BCUT2D eigenvalue weighted by atomic mass is 17.2. The number of carbonyl (C=O) groups excluding carboxylic acids is 1. The molecule has 1 heterocycles. The van der Waals surface area contributed by atoms with Gasteiger partial charge in [-0.25, -0.2) is 9.68 Å². The Morgan fingerprint density at radius 2 is 1.81 bits per heavy atom. The molecule has 1 spiro atoms. The summed E-state index contributed by atoms with van der Waals surface area (Å²) >= 11 is 0. The lowest BCUT2D eigenvalue weighted by Gasteiger charge is -2.42. The molecule has 1 aliphatic heterocycles. The first-order valence-corrected chi connectivity index (χ1v) is 6.00. The van der Waals surface area contributed by atoms with Gasteiger partial charge in [-0.05, 0) is 12.8 Å². The second-order valence-corrected chi connectivity index (χ2v) is 5.82. The van der Waals surface area contributed by atoms with Crippen molar-refractivity contribution in [1.29, 1.82) is 0 Å². The molecule has 1 saturated carbocycles. The minimum atomic E-state index is -0.795. The quantitative estimate of drug-likeness (QED) is 0.472. The number of rotatable bonds is 0. The molecule has 4 heteroatoms. The average molecular weight is 228 g/mol. The molecular weight excluding hydrogens is 208 g/mol. The zero-order chi connectivity index (χ0) is 11.8. The molecule has 1 atom stereocenters. The molecule has 2 aliphatic rings. The van der Waals surface area contributed by atoms with Crippen molar-refractivity contribution in [1.82, 2.24) is 0 Å². The Kier molecular flexibility index (Phi) is 2.97. The Hall–Kier alpha value is -0.610. The number of hydrogen-bond donors (Lipinski definition) is 0. The zero-order valence-corrected chi connectivity index (χ0v) is 10.2. The van der Waals surface area contributed by atoms with E-state index in [0.717, 1.165) is 25.7 Å². The minimum absolute atomic E-state index is 0.291. The van der Waals surface area contributed by atoms with E-state index in [4.69, 9.17) is 14.5 Å². The maximum Gasteiger partial charge on any atom is 0.341 e. The summed E-state index contributed by atoms with van der Waals surface area (Å²) in [5, 5.41) is 0. The third-order valence-electron chi connectivity index (χ3n) is 3.20. The van der Waals surface area contributed by atoms with Crippen molar-refractivity contribution >= 4 is 5.97 Å². The molecule has 0 aromatic carbocycles. The number of hydrogen-bond acceptors (Lipinski definition) is 4. The Morgan fingerprint density at radius 3 is 2.31 bits per heavy atom. The molecule has 1 aliphatic carbocycles. The monoisotopic (exact) mass is 228 g/mol. The van der Waals surface area contributed by atoms with Crippen LogP contribution in [0.1, 0.15) is 52.9 Å². The summed E-state index contributed by atoms with van der Waals surface area (Å²) in [7, 11) is 0. The average Bonchev–Trinajstić information content (AvgIpc) is 2.16. The molecule has 92 valence electrons. The predicted molar refractivity (Wildman–Crippen MR) is 57.3 cm³/mol. The second kappa shape index (κ2) is 4.00. The zero-order valence-electron chi connectivity index (χ0n) is 10.2. The molecule has 0 bridgehead atoms. The summed E-state index contributed by atoms with van der Waals surface area (Å²) < 4.78 is 5.47. The predicted octanol–water partition coefficient (Wildman–Crippen LogP) is 2.57. The van der Waals surface area contributed by atoms with Gasteiger partial charge in [0.1, 0.15) is 0 Å². The smallest absolute Gasteiger partial charge is 0.341 e. The third-order valence-corrected chi connectivity index (χ3v) is 3.20. The van der Waals surface area contributed by atoms with Crippen LogP contribution in [0.25, 0.3) is 0 Å². The Balaban J connectivity index is 2.04. The van der Waals surface area contributed by atoms with Gasteiger partial charge in [0.15, 0.2) is 6.10 Å². The standard InChI is InChI=1S/C12H20O4/c1-11(2,3)9-10(13)14-12(16-15-9)7-5-4-6-8-12/h9H,4-8H2,1-3H3. The van der Waals surface area contributed by atoms with Crippen LogP contribution >= 0.6 is 0 Å². The minimum Gasteiger partial charge on any atom is -0.428 e. The van der Waals surface area contributed by atoms with E-state index in [9.17, 15) is 4.79 Å². The van der Waals surface area contributed by atoms with E-state index in [1.807, 2.05) is 20.8 Å². The summed E-state index contributed by atoms with van der Waals surface area (Å²) in [4.78, 5) is 22.5. The molecule has 2 fully saturated rings. The van der Waals surface area contributed by atoms with Gasteiger partial charge in [0.2, 0.25) is 5.79 Å². The van der Waals surface area contributed by atoms with Gasteiger partial charge in [-0.1, -0.05) is 27.2 Å². The van der Waals surface area contributed by atoms with Gasteiger partial charge in [0.25, 0.3) is 0 Å². The normalized spacial score (nSPS) is 30.2. The first-order chi connectivity index (χ1) is 7.43. The fourth-order valence-corrected chi connectivity index (χ4v) is 2.20. The van der Waals surface area contributed by atoms with Gasteiger partial charge in [-0.2, -0.15) is 4.89 Å². The van der Waals surface area contributed by atoms with Crippen LogP contribution in [0.4, 0.5) is 0 Å². The van der Waals surface area contributed by atoms with Crippen LogP contribution in [0.3, 0.4) is 0 Å². The highest BCUT2D eigenvalue weighted by Crippen LogP contribution is 2.39. The van der Waals surface area contributed by atoms with Crippen molar-refractivity contribution < 1.29 is 19.3 Å². The SMILES string of the molecule is CC(C)(C)C1OOC2(CCCCC2)OC1=O. The van der Waals surface area contributed by atoms with Crippen molar-refractivity contribution in [2.24, 2.45) is 5.41 Å². The van der Waals surface area contributed by atoms with E-state index in [2.05, 4.69) is 0 Å². The maximum absolute atomic E-state index is 11.9. The van der Waals surface area contributed by atoms with Gasteiger partial charge < -0.3 is 4.74 Å². The number of esters is 1. The van der Waals surface area contributed by atoms with Crippen molar-refractivity contribution in [3.8, 4) is 0 Å². The van der Waals surface area contributed by atoms with Crippen molar-refractivity contribution in [3.05, 3.63) is 0 Å². The summed E-state index contributed by atoms with van der Waals surface area (Å²) in [6.07, 6.45) is 4.09. The van der Waals surface area contributed by atoms with Gasteiger partial charge in [0, 0.05) is 18.3 Å². The van der Waals surface area contributed by atoms with Crippen LogP contribution < -0.4 is 0 Å². The lowest BCUT2D eigenvalue weighted by molar-refractivity contribution is -0.472. The second-order valence-electron chi connectivity index (χ2n) is 5.82. The van der Waals surface area contributed by atoms with E-state index in [1.165, 1.54) is 6.42 Å². The topological polar surface area (TPSA) is 44.8 Å². The summed E-state index contributed by atoms with van der Waals surface area (Å²) in [5.74, 6) is -1.09. The van der Waals surface area contributed by atoms with E-state index in [-0.39, 0.29) is 11.4 Å². The van der Waals surface area contributed by atoms with Crippen LogP contribution in [0.5, 0.6) is 0 Å². The molecule has 0 aromatic heterocycles. The van der Waals surface area contributed by atoms with Gasteiger partial charge in [-0.15, -0.1) is 0 Å². The molecule has 4 nitrogen and oxygen atoms in total. The molecule has 0 amide bonds. The highest BCUT2D eigenvalue weighted by molar-refractivity contribution is 5.76. The van der Waals surface area contributed by atoms with E-state index >= 15 is 0 Å². The summed E-state index contributed by atoms with van der Waals surface area (Å²) in [6, 6.07) is 0. The van der Waals surface area contributed by atoms with Gasteiger partial charge in [-0.3, -0.25) is 0 Å². The Bertz CT molecular complexity index is 273. The lowest BCUT2D eigenvalue weighted by atomic mass is 9.88. The van der Waals surface area contributed by atoms with Crippen LogP contribution in [0, 0.1) is 5.41 Å². The van der Waals surface area contributed by atoms with E-state index < -0.39 is 11.9 Å². The fourth-order valence-electron chi connectivity index (χ4n) is 2.20. The molecule has 1 saturated heterocycles. The molecule has 16 heavy (non-hydrogen) atoms. The first-order valence-electron chi connectivity index (χ1n) is 6.00. The van der Waals surface area contributed by atoms with Crippen LogP contribution in [-0.4, -0.2) is 17.9 Å². The van der Waals surface area contributed by atoms with Crippen LogP contribution in [-0.2, 0) is 19.3 Å². The Morgan fingerprint density at radius 1 is 1.19 bits per heavy atom. The summed E-state index contributed by atoms with van der Waals surface area (Å²) in [6.45, 7) is 5.80.